The van der Waals surface area contributed by atoms with Crippen LogP contribution in [0.2, 0.25) is 0 Å². The molecule has 3 aliphatic rings. The van der Waals surface area contributed by atoms with E-state index in [4.69, 9.17) is 24.4 Å². The summed E-state index contributed by atoms with van der Waals surface area (Å²) in [5, 5.41) is 0. The average Bonchev–Trinajstić information content (AvgIpc) is 2.99. The van der Waals surface area contributed by atoms with Crippen molar-refractivity contribution in [1.29, 1.82) is 0 Å². The zero-order chi connectivity index (χ0) is 16.9. The van der Waals surface area contributed by atoms with Gasteiger partial charge >= 0.3 is 0 Å². The van der Waals surface area contributed by atoms with E-state index in [1.54, 1.807) is 0 Å². The Balaban J connectivity index is 1.63. The van der Waals surface area contributed by atoms with Gasteiger partial charge in [0.2, 0.25) is 17.8 Å². The molecule has 4 heterocycles. The van der Waals surface area contributed by atoms with Gasteiger partial charge in [-0.2, -0.15) is 15.0 Å². The monoisotopic (exact) mass is 348 g/mol. The molecule has 0 N–H and O–H groups in total. The summed E-state index contributed by atoms with van der Waals surface area (Å²) in [5.74, 6) is 2.41. The minimum Gasteiger partial charge on any atom is -0.378 e. The molecule has 0 aliphatic carbocycles. The van der Waals surface area contributed by atoms with E-state index in [0.717, 1.165) is 83.5 Å². The molecule has 0 amide bonds. The van der Waals surface area contributed by atoms with Crippen molar-refractivity contribution >= 4 is 17.8 Å². The summed E-state index contributed by atoms with van der Waals surface area (Å²) < 4.78 is 11.0. The lowest BCUT2D eigenvalue weighted by atomic mass is 10.2. The number of nitrogens with zero attached hydrogens (tertiary/aromatic N) is 6. The SMILES string of the molecule is C1CCCN(c2nc(N3CCOCC3)nc(N3CCOCC3)n2)CC1. The Labute approximate surface area is 149 Å². The van der Waals surface area contributed by atoms with Crippen molar-refractivity contribution in [2.24, 2.45) is 0 Å². The summed E-state index contributed by atoms with van der Waals surface area (Å²) >= 11 is 0. The quantitative estimate of drug-likeness (QED) is 0.799. The van der Waals surface area contributed by atoms with Gasteiger partial charge in [-0.25, -0.2) is 0 Å². The zero-order valence-electron chi connectivity index (χ0n) is 14.9. The second kappa shape index (κ2) is 8.14. The van der Waals surface area contributed by atoms with Crippen LogP contribution in [0.25, 0.3) is 0 Å². The van der Waals surface area contributed by atoms with Crippen molar-refractivity contribution in [3.05, 3.63) is 0 Å². The van der Waals surface area contributed by atoms with Gasteiger partial charge in [-0.3, -0.25) is 0 Å². The first-order valence-corrected chi connectivity index (χ1v) is 9.56. The Morgan fingerprint density at radius 3 is 1.24 bits per heavy atom. The van der Waals surface area contributed by atoms with Crippen LogP contribution in [0.4, 0.5) is 17.8 Å². The maximum absolute atomic E-state index is 5.48. The molecule has 1 aromatic heterocycles. The van der Waals surface area contributed by atoms with Gasteiger partial charge in [0.25, 0.3) is 0 Å². The first-order chi connectivity index (χ1) is 12.4. The van der Waals surface area contributed by atoms with E-state index in [9.17, 15) is 0 Å². The molecule has 0 bridgehead atoms. The molecule has 3 saturated heterocycles. The summed E-state index contributed by atoms with van der Waals surface area (Å²) in [6.45, 7) is 8.37. The van der Waals surface area contributed by atoms with Gasteiger partial charge in [-0.05, 0) is 12.8 Å². The van der Waals surface area contributed by atoms with E-state index in [1.807, 2.05) is 0 Å². The number of aromatic nitrogens is 3. The lowest BCUT2D eigenvalue weighted by Gasteiger charge is -2.31. The number of anilines is 3. The maximum atomic E-state index is 5.48. The topological polar surface area (TPSA) is 66.9 Å². The molecule has 0 saturated carbocycles. The van der Waals surface area contributed by atoms with Crippen LogP contribution in [0.5, 0.6) is 0 Å². The lowest BCUT2D eigenvalue weighted by Crippen LogP contribution is -2.40. The highest BCUT2D eigenvalue weighted by atomic mass is 16.5. The van der Waals surface area contributed by atoms with E-state index in [-0.39, 0.29) is 0 Å². The summed E-state index contributed by atoms with van der Waals surface area (Å²) in [5.41, 5.74) is 0. The van der Waals surface area contributed by atoms with Crippen LogP contribution in [0, 0.1) is 0 Å². The van der Waals surface area contributed by atoms with Crippen LogP contribution in [0.15, 0.2) is 0 Å². The van der Waals surface area contributed by atoms with Crippen molar-refractivity contribution in [1.82, 2.24) is 15.0 Å². The average molecular weight is 348 g/mol. The van der Waals surface area contributed by atoms with E-state index in [1.165, 1.54) is 25.7 Å². The first kappa shape index (κ1) is 16.8. The number of hydrogen-bond acceptors (Lipinski definition) is 8. The van der Waals surface area contributed by atoms with E-state index < -0.39 is 0 Å². The number of morpholine rings is 2. The Morgan fingerprint density at radius 2 is 0.840 bits per heavy atom. The number of hydrogen-bond donors (Lipinski definition) is 0. The van der Waals surface area contributed by atoms with E-state index in [0.29, 0.717) is 0 Å². The summed E-state index contributed by atoms with van der Waals surface area (Å²) in [4.78, 5) is 21.2. The minimum absolute atomic E-state index is 0.734. The van der Waals surface area contributed by atoms with Gasteiger partial charge in [0.1, 0.15) is 0 Å². The summed E-state index contributed by atoms with van der Waals surface area (Å²) in [6.07, 6.45) is 5.03. The molecule has 25 heavy (non-hydrogen) atoms. The molecule has 138 valence electrons. The fourth-order valence-electron chi connectivity index (χ4n) is 3.56. The normalized spacial score (nSPS) is 22.8. The predicted octanol–water partition coefficient (Wildman–Crippen LogP) is 0.925. The highest BCUT2D eigenvalue weighted by molar-refractivity contribution is 5.47. The second-order valence-corrected chi connectivity index (χ2v) is 6.84. The fraction of sp³-hybridized carbons (Fsp3) is 0.824. The molecule has 0 atom stereocenters. The van der Waals surface area contributed by atoms with Crippen molar-refractivity contribution in [3.63, 3.8) is 0 Å². The maximum Gasteiger partial charge on any atom is 0.232 e. The zero-order valence-corrected chi connectivity index (χ0v) is 14.9. The van der Waals surface area contributed by atoms with Gasteiger partial charge in [0.05, 0.1) is 26.4 Å². The standard InChI is InChI=1S/C17H28N6O2/c1-2-4-6-21(5-3-1)15-18-16(22-7-11-24-12-8-22)20-17(19-15)23-9-13-25-14-10-23/h1-14H2. The molecule has 8 nitrogen and oxygen atoms in total. The molecular weight excluding hydrogens is 320 g/mol. The van der Waals surface area contributed by atoms with Crippen LogP contribution in [0.3, 0.4) is 0 Å². The molecule has 3 fully saturated rings. The van der Waals surface area contributed by atoms with Crippen molar-refractivity contribution in [2.45, 2.75) is 25.7 Å². The van der Waals surface area contributed by atoms with Gasteiger partial charge in [-0.15, -0.1) is 0 Å². The third-order valence-electron chi connectivity index (χ3n) is 5.08. The predicted molar refractivity (Wildman–Crippen MR) is 96.6 cm³/mol. The van der Waals surface area contributed by atoms with Crippen molar-refractivity contribution < 1.29 is 9.47 Å². The van der Waals surface area contributed by atoms with Gasteiger partial charge in [0, 0.05) is 39.3 Å². The van der Waals surface area contributed by atoms with Crippen molar-refractivity contribution in [2.75, 3.05) is 80.4 Å². The Bertz CT molecular complexity index is 516. The first-order valence-electron chi connectivity index (χ1n) is 9.56. The molecule has 0 unspecified atom stereocenters. The molecule has 0 spiro atoms. The third-order valence-corrected chi connectivity index (χ3v) is 5.08. The molecular formula is C17H28N6O2. The van der Waals surface area contributed by atoms with Crippen LogP contribution in [0.1, 0.15) is 25.7 Å². The molecule has 4 rings (SSSR count). The fourth-order valence-corrected chi connectivity index (χ4v) is 3.56. The summed E-state index contributed by atoms with van der Waals surface area (Å²) in [6, 6.07) is 0. The lowest BCUT2D eigenvalue weighted by molar-refractivity contribution is 0.121. The highest BCUT2D eigenvalue weighted by Crippen LogP contribution is 2.22. The third kappa shape index (κ3) is 4.12. The Kier molecular flexibility index (Phi) is 5.46. The van der Waals surface area contributed by atoms with Crippen LogP contribution in [-0.2, 0) is 9.47 Å². The summed E-state index contributed by atoms with van der Waals surface area (Å²) in [7, 11) is 0. The molecule has 8 heteroatoms. The number of rotatable bonds is 3. The Hall–Kier alpha value is -1.67. The Morgan fingerprint density at radius 1 is 0.480 bits per heavy atom. The largest absolute Gasteiger partial charge is 0.378 e. The van der Waals surface area contributed by atoms with Crippen LogP contribution < -0.4 is 14.7 Å². The number of ether oxygens (including phenoxy) is 2. The van der Waals surface area contributed by atoms with Gasteiger partial charge in [0.15, 0.2) is 0 Å². The second-order valence-electron chi connectivity index (χ2n) is 6.84. The minimum atomic E-state index is 0.734. The van der Waals surface area contributed by atoms with E-state index in [2.05, 4.69) is 14.7 Å². The van der Waals surface area contributed by atoms with Crippen LogP contribution in [-0.4, -0.2) is 80.6 Å². The smallest absolute Gasteiger partial charge is 0.232 e. The highest BCUT2D eigenvalue weighted by Gasteiger charge is 2.23. The van der Waals surface area contributed by atoms with Gasteiger partial charge in [-0.1, -0.05) is 12.8 Å². The van der Waals surface area contributed by atoms with E-state index >= 15 is 0 Å². The molecule has 1 aromatic rings. The van der Waals surface area contributed by atoms with Crippen LogP contribution >= 0.6 is 0 Å². The van der Waals surface area contributed by atoms with Crippen molar-refractivity contribution in [3.8, 4) is 0 Å². The molecule has 0 aromatic carbocycles. The molecule has 3 aliphatic heterocycles. The van der Waals surface area contributed by atoms with Gasteiger partial charge < -0.3 is 24.2 Å². The molecule has 0 radical (unpaired) electrons.